The van der Waals surface area contributed by atoms with Crippen molar-refractivity contribution in [1.29, 1.82) is 0 Å². The lowest BCUT2D eigenvalue weighted by Crippen LogP contribution is -2.16. The van der Waals surface area contributed by atoms with Gasteiger partial charge in [0.1, 0.15) is 10.8 Å². The zero-order valence-electron chi connectivity index (χ0n) is 15.3. The van der Waals surface area contributed by atoms with Gasteiger partial charge in [0.25, 0.3) is 5.91 Å². The fourth-order valence-electron chi connectivity index (χ4n) is 3.35. The minimum absolute atomic E-state index is 0.264. The van der Waals surface area contributed by atoms with Gasteiger partial charge >= 0.3 is 5.97 Å². The van der Waals surface area contributed by atoms with Crippen molar-refractivity contribution in [3.8, 4) is 5.75 Å². The highest BCUT2D eigenvalue weighted by molar-refractivity contribution is 7.17. The molecule has 5 nitrogen and oxygen atoms in total. The molecule has 1 aromatic heterocycles. The Morgan fingerprint density at radius 3 is 2.81 bits per heavy atom. The van der Waals surface area contributed by atoms with Gasteiger partial charge in [-0.25, -0.2) is 4.79 Å². The molecule has 26 heavy (non-hydrogen) atoms. The monoisotopic (exact) mass is 373 g/mol. The molecule has 0 fully saturated rings. The maximum absolute atomic E-state index is 12.7. The van der Waals surface area contributed by atoms with Crippen molar-refractivity contribution in [2.75, 3.05) is 19.5 Å². The molecule has 0 radical (unpaired) electrons. The molecule has 138 valence electrons. The molecule has 1 aliphatic carbocycles. The Labute approximate surface area is 157 Å². The number of thiophene rings is 1. The summed E-state index contributed by atoms with van der Waals surface area (Å²) in [6.45, 7) is 2.19. The van der Waals surface area contributed by atoms with E-state index in [-0.39, 0.29) is 5.91 Å². The molecule has 1 aliphatic rings. The number of rotatable bonds is 5. The molecule has 0 saturated carbocycles. The van der Waals surface area contributed by atoms with Crippen molar-refractivity contribution in [1.82, 2.24) is 0 Å². The van der Waals surface area contributed by atoms with Gasteiger partial charge in [0, 0.05) is 10.4 Å². The van der Waals surface area contributed by atoms with Gasteiger partial charge < -0.3 is 14.8 Å². The van der Waals surface area contributed by atoms with E-state index in [2.05, 4.69) is 12.2 Å². The summed E-state index contributed by atoms with van der Waals surface area (Å²) in [4.78, 5) is 26.2. The minimum atomic E-state index is -0.390. The van der Waals surface area contributed by atoms with Crippen molar-refractivity contribution in [3.63, 3.8) is 0 Å². The lowest BCUT2D eigenvalue weighted by Gasteiger charge is -2.20. The third-order valence-corrected chi connectivity index (χ3v) is 6.06. The van der Waals surface area contributed by atoms with Crippen molar-refractivity contribution in [2.45, 2.75) is 32.6 Å². The highest BCUT2D eigenvalue weighted by atomic mass is 32.1. The minimum Gasteiger partial charge on any atom is -0.497 e. The second-order valence-corrected chi connectivity index (χ2v) is 7.51. The standard InChI is InChI=1S/C20H23NO4S/c1-4-12-8-9-15-16(10-12)26-19(17(15)20(23)25-3)21-18(22)13-6-5-7-14(11-13)24-2/h5-7,11-12H,4,8-10H2,1-3H3,(H,21,22). The lowest BCUT2D eigenvalue weighted by atomic mass is 9.85. The first-order valence-electron chi connectivity index (χ1n) is 8.75. The number of esters is 1. The Morgan fingerprint density at radius 1 is 1.31 bits per heavy atom. The smallest absolute Gasteiger partial charge is 0.341 e. The van der Waals surface area contributed by atoms with E-state index in [1.165, 1.54) is 23.3 Å². The lowest BCUT2D eigenvalue weighted by molar-refractivity contribution is 0.0601. The van der Waals surface area contributed by atoms with E-state index in [9.17, 15) is 9.59 Å². The molecule has 0 spiro atoms. The van der Waals surface area contributed by atoms with Gasteiger partial charge in [-0.2, -0.15) is 0 Å². The Bertz CT molecular complexity index is 827. The highest BCUT2D eigenvalue weighted by Gasteiger charge is 2.29. The number of methoxy groups -OCH3 is 2. The van der Waals surface area contributed by atoms with E-state index in [1.54, 1.807) is 31.4 Å². The molecule has 0 aliphatic heterocycles. The van der Waals surface area contributed by atoms with E-state index in [4.69, 9.17) is 9.47 Å². The first kappa shape index (κ1) is 18.5. The van der Waals surface area contributed by atoms with Gasteiger partial charge in [-0.05, 0) is 48.9 Å². The number of hydrogen-bond donors (Lipinski definition) is 1. The van der Waals surface area contributed by atoms with Gasteiger partial charge in [0.15, 0.2) is 0 Å². The van der Waals surface area contributed by atoms with Gasteiger partial charge in [-0.3, -0.25) is 4.79 Å². The molecule has 1 heterocycles. The Kier molecular flexibility index (Phi) is 5.61. The summed E-state index contributed by atoms with van der Waals surface area (Å²) in [5.41, 5.74) is 2.03. The molecule has 1 amide bonds. The number of benzene rings is 1. The van der Waals surface area contributed by atoms with E-state index in [1.807, 2.05) is 0 Å². The van der Waals surface area contributed by atoms with Crippen LogP contribution in [0, 0.1) is 5.92 Å². The van der Waals surface area contributed by atoms with Crippen LogP contribution >= 0.6 is 11.3 Å². The molecule has 2 aromatic rings. The topological polar surface area (TPSA) is 64.6 Å². The summed E-state index contributed by atoms with van der Waals surface area (Å²) in [6, 6.07) is 6.94. The van der Waals surface area contributed by atoms with Gasteiger partial charge in [-0.15, -0.1) is 11.3 Å². The maximum Gasteiger partial charge on any atom is 0.341 e. The van der Waals surface area contributed by atoms with Crippen LogP contribution < -0.4 is 10.1 Å². The maximum atomic E-state index is 12.7. The fraction of sp³-hybridized carbons (Fsp3) is 0.400. The first-order valence-corrected chi connectivity index (χ1v) is 9.57. The van der Waals surface area contributed by atoms with Crippen LogP contribution in [0.15, 0.2) is 24.3 Å². The number of ether oxygens (including phenoxy) is 2. The highest BCUT2D eigenvalue weighted by Crippen LogP contribution is 2.41. The van der Waals surface area contributed by atoms with E-state index >= 15 is 0 Å². The van der Waals surface area contributed by atoms with Crippen LogP contribution in [0.1, 0.15) is 50.9 Å². The number of carbonyl (C=O) groups excluding carboxylic acids is 2. The van der Waals surface area contributed by atoms with Gasteiger partial charge in [0.05, 0.1) is 19.8 Å². The van der Waals surface area contributed by atoms with Gasteiger partial charge in [-0.1, -0.05) is 19.4 Å². The second-order valence-electron chi connectivity index (χ2n) is 6.40. The Hall–Kier alpha value is -2.34. The molecule has 0 saturated heterocycles. The van der Waals surface area contributed by atoms with Crippen molar-refractivity contribution in [2.24, 2.45) is 5.92 Å². The molecule has 1 unspecified atom stereocenters. The summed E-state index contributed by atoms with van der Waals surface area (Å²) in [6.07, 6.45) is 3.99. The van der Waals surface area contributed by atoms with Crippen LogP contribution in [0.5, 0.6) is 5.75 Å². The van der Waals surface area contributed by atoms with Crippen molar-refractivity contribution < 1.29 is 19.1 Å². The van der Waals surface area contributed by atoms with E-state index in [0.29, 0.717) is 27.8 Å². The second kappa shape index (κ2) is 7.91. The SMILES string of the molecule is CCC1CCc2c(sc(NC(=O)c3cccc(OC)c3)c2C(=O)OC)C1. The van der Waals surface area contributed by atoms with Crippen molar-refractivity contribution in [3.05, 3.63) is 45.8 Å². The number of fused-ring (bicyclic) bond motifs is 1. The van der Waals surface area contributed by atoms with E-state index in [0.717, 1.165) is 31.2 Å². The number of hydrogen-bond acceptors (Lipinski definition) is 5. The third-order valence-electron chi connectivity index (χ3n) is 4.89. The van der Waals surface area contributed by atoms with Crippen LogP contribution in [0.4, 0.5) is 5.00 Å². The summed E-state index contributed by atoms with van der Waals surface area (Å²) in [7, 11) is 2.93. The van der Waals surface area contributed by atoms with E-state index < -0.39 is 5.97 Å². The quantitative estimate of drug-likeness (QED) is 0.793. The number of amides is 1. The molecule has 0 bridgehead atoms. The first-order chi connectivity index (χ1) is 12.6. The van der Waals surface area contributed by atoms with Crippen LogP contribution in [0.25, 0.3) is 0 Å². The molecule has 6 heteroatoms. The number of carbonyl (C=O) groups is 2. The zero-order valence-corrected chi connectivity index (χ0v) is 16.1. The summed E-state index contributed by atoms with van der Waals surface area (Å²) in [5, 5.41) is 3.48. The summed E-state index contributed by atoms with van der Waals surface area (Å²) < 4.78 is 10.1. The Balaban J connectivity index is 1.92. The normalized spacial score (nSPS) is 15.9. The summed E-state index contributed by atoms with van der Waals surface area (Å²) in [5.74, 6) is 0.591. The van der Waals surface area contributed by atoms with Crippen LogP contribution in [0.3, 0.4) is 0 Å². The van der Waals surface area contributed by atoms with Gasteiger partial charge in [0.2, 0.25) is 0 Å². The molecular weight excluding hydrogens is 350 g/mol. The molecule has 1 aromatic carbocycles. The zero-order chi connectivity index (χ0) is 18.7. The third kappa shape index (κ3) is 3.60. The molecule has 3 rings (SSSR count). The molecular formula is C20H23NO4S. The predicted molar refractivity (Wildman–Crippen MR) is 102 cm³/mol. The van der Waals surface area contributed by atoms with Crippen LogP contribution in [-0.2, 0) is 17.6 Å². The number of nitrogens with one attached hydrogen (secondary N) is 1. The predicted octanol–water partition coefficient (Wildman–Crippen LogP) is 4.31. The number of anilines is 1. The summed E-state index contributed by atoms with van der Waals surface area (Å²) >= 11 is 1.49. The largest absolute Gasteiger partial charge is 0.497 e. The molecule has 1 atom stereocenters. The fourth-order valence-corrected chi connectivity index (χ4v) is 4.69. The van der Waals surface area contributed by atoms with Crippen LogP contribution in [-0.4, -0.2) is 26.1 Å². The average molecular weight is 373 g/mol. The average Bonchev–Trinajstić information content (AvgIpc) is 3.04. The van der Waals surface area contributed by atoms with Crippen LogP contribution in [0.2, 0.25) is 0 Å². The Morgan fingerprint density at radius 2 is 2.12 bits per heavy atom. The van der Waals surface area contributed by atoms with Crippen molar-refractivity contribution >= 4 is 28.2 Å². The molecule has 1 N–H and O–H groups in total.